The van der Waals surface area contributed by atoms with Gasteiger partial charge in [-0.2, -0.15) is 0 Å². The Balaban J connectivity index is 2.08. The lowest BCUT2D eigenvalue weighted by atomic mass is 10.1. The number of carbonyl (C=O) groups excluding carboxylic acids is 1. The zero-order valence-corrected chi connectivity index (χ0v) is 10.9. The summed E-state index contributed by atoms with van der Waals surface area (Å²) in [6.07, 6.45) is 0. The van der Waals surface area contributed by atoms with Gasteiger partial charge in [0.15, 0.2) is 5.76 Å². The first-order chi connectivity index (χ1) is 9.70. The average Bonchev–Trinajstić information content (AvgIpc) is 2.90. The Kier molecular flexibility index (Phi) is 2.91. The molecule has 3 aromatic rings. The maximum Gasteiger partial charge on any atom is 0.230 e. The standard InChI is InChI=1S/C16H13NO3/c1-19-13-8-4-6-11(15(13)17)16(18)14-9-10-5-2-3-7-12(10)20-14/h2-9H,17H2,1H3. The van der Waals surface area contributed by atoms with Crippen molar-refractivity contribution in [2.75, 3.05) is 12.8 Å². The van der Waals surface area contributed by atoms with Gasteiger partial charge in [0.05, 0.1) is 18.4 Å². The zero-order valence-electron chi connectivity index (χ0n) is 10.9. The molecule has 0 aliphatic rings. The molecule has 1 heterocycles. The maximum atomic E-state index is 12.5. The fraction of sp³-hybridized carbons (Fsp3) is 0.0625. The number of benzene rings is 2. The molecule has 0 aliphatic carbocycles. The number of fused-ring (bicyclic) bond motifs is 1. The third-order valence-electron chi connectivity index (χ3n) is 3.18. The highest BCUT2D eigenvalue weighted by Gasteiger charge is 2.18. The topological polar surface area (TPSA) is 65.5 Å². The average molecular weight is 267 g/mol. The molecule has 0 bridgehead atoms. The Bertz CT molecular complexity index is 756. The van der Waals surface area contributed by atoms with Crippen LogP contribution < -0.4 is 10.5 Å². The second kappa shape index (κ2) is 4.74. The highest BCUT2D eigenvalue weighted by Crippen LogP contribution is 2.28. The van der Waals surface area contributed by atoms with Gasteiger partial charge in [-0.05, 0) is 24.3 Å². The van der Waals surface area contributed by atoms with Crippen LogP contribution in [0.3, 0.4) is 0 Å². The van der Waals surface area contributed by atoms with E-state index in [1.807, 2.05) is 24.3 Å². The smallest absolute Gasteiger partial charge is 0.230 e. The third kappa shape index (κ3) is 1.91. The molecule has 20 heavy (non-hydrogen) atoms. The van der Waals surface area contributed by atoms with Crippen molar-refractivity contribution in [2.45, 2.75) is 0 Å². The Hall–Kier alpha value is -2.75. The van der Waals surface area contributed by atoms with Gasteiger partial charge in [0.1, 0.15) is 11.3 Å². The van der Waals surface area contributed by atoms with Crippen molar-refractivity contribution in [1.82, 2.24) is 0 Å². The highest BCUT2D eigenvalue weighted by atomic mass is 16.5. The number of nitrogen functional groups attached to an aromatic ring is 1. The number of ketones is 1. The number of furan rings is 1. The summed E-state index contributed by atoms with van der Waals surface area (Å²) in [7, 11) is 1.52. The third-order valence-corrected chi connectivity index (χ3v) is 3.18. The van der Waals surface area contributed by atoms with Gasteiger partial charge in [-0.25, -0.2) is 0 Å². The minimum Gasteiger partial charge on any atom is -0.495 e. The molecule has 0 unspecified atom stereocenters. The SMILES string of the molecule is COc1cccc(C(=O)c2cc3ccccc3o2)c1N. The van der Waals surface area contributed by atoms with Crippen molar-refractivity contribution in [3.63, 3.8) is 0 Å². The predicted octanol–water partition coefficient (Wildman–Crippen LogP) is 3.25. The molecule has 1 aromatic heterocycles. The molecule has 2 N–H and O–H groups in total. The second-order valence-corrected chi connectivity index (χ2v) is 4.40. The number of methoxy groups -OCH3 is 1. The van der Waals surface area contributed by atoms with Crippen molar-refractivity contribution in [1.29, 1.82) is 0 Å². The van der Waals surface area contributed by atoms with Crippen LogP contribution in [0.2, 0.25) is 0 Å². The quantitative estimate of drug-likeness (QED) is 0.584. The Morgan fingerprint density at radius 2 is 1.95 bits per heavy atom. The lowest BCUT2D eigenvalue weighted by Gasteiger charge is -2.07. The van der Waals surface area contributed by atoms with Gasteiger partial charge in [0.2, 0.25) is 5.78 Å². The molecule has 4 nitrogen and oxygen atoms in total. The minimum absolute atomic E-state index is 0.252. The molecule has 100 valence electrons. The number of para-hydroxylation sites is 2. The molecule has 0 atom stereocenters. The number of carbonyl (C=O) groups is 1. The number of anilines is 1. The van der Waals surface area contributed by atoms with E-state index in [0.717, 1.165) is 5.39 Å². The molecule has 0 amide bonds. The van der Waals surface area contributed by atoms with E-state index in [-0.39, 0.29) is 11.5 Å². The molecule has 0 radical (unpaired) electrons. The molecule has 0 fully saturated rings. The van der Waals surface area contributed by atoms with E-state index in [4.69, 9.17) is 14.9 Å². The highest BCUT2D eigenvalue weighted by molar-refractivity contribution is 6.12. The lowest BCUT2D eigenvalue weighted by molar-refractivity contribution is 0.101. The number of nitrogens with two attached hydrogens (primary N) is 1. The van der Waals surface area contributed by atoms with Crippen LogP contribution in [0.15, 0.2) is 52.9 Å². The predicted molar refractivity (Wildman–Crippen MR) is 77.1 cm³/mol. The lowest BCUT2D eigenvalue weighted by Crippen LogP contribution is -2.05. The van der Waals surface area contributed by atoms with Crippen LogP contribution in [-0.2, 0) is 0 Å². The van der Waals surface area contributed by atoms with Crippen molar-refractivity contribution in [3.05, 3.63) is 59.9 Å². The molecule has 4 heteroatoms. The monoisotopic (exact) mass is 267 g/mol. The normalized spacial score (nSPS) is 10.7. The summed E-state index contributed by atoms with van der Waals surface area (Å²) in [5, 5.41) is 0.886. The summed E-state index contributed by atoms with van der Waals surface area (Å²) in [4.78, 5) is 12.5. The number of hydrogen-bond acceptors (Lipinski definition) is 4. The molecule has 0 saturated carbocycles. The van der Waals surface area contributed by atoms with Crippen molar-refractivity contribution in [3.8, 4) is 5.75 Å². The Morgan fingerprint density at radius 1 is 1.15 bits per heavy atom. The van der Waals surface area contributed by atoms with Crippen LogP contribution >= 0.6 is 0 Å². The van der Waals surface area contributed by atoms with Crippen LogP contribution in [0.1, 0.15) is 16.1 Å². The first-order valence-electron chi connectivity index (χ1n) is 6.16. The van der Waals surface area contributed by atoms with E-state index in [1.54, 1.807) is 24.3 Å². The fourth-order valence-corrected chi connectivity index (χ4v) is 2.15. The summed E-state index contributed by atoms with van der Waals surface area (Å²) in [5.74, 6) is 0.496. The van der Waals surface area contributed by atoms with Gasteiger partial charge in [-0.1, -0.05) is 24.3 Å². The zero-order chi connectivity index (χ0) is 14.1. The van der Waals surface area contributed by atoms with Gasteiger partial charge >= 0.3 is 0 Å². The molecule has 3 rings (SSSR count). The van der Waals surface area contributed by atoms with Gasteiger partial charge in [0.25, 0.3) is 0 Å². The summed E-state index contributed by atoms with van der Waals surface area (Å²) in [5.41, 5.74) is 7.31. The summed E-state index contributed by atoms with van der Waals surface area (Å²) >= 11 is 0. The number of hydrogen-bond donors (Lipinski definition) is 1. The Labute approximate surface area is 115 Å². The number of ether oxygens (including phenoxy) is 1. The molecular weight excluding hydrogens is 254 g/mol. The van der Waals surface area contributed by atoms with E-state index >= 15 is 0 Å². The fourth-order valence-electron chi connectivity index (χ4n) is 2.15. The van der Waals surface area contributed by atoms with Gasteiger partial charge in [0, 0.05) is 5.39 Å². The molecule has 0 saturated heterocycles. The second-order valence-electron chi connectivity index (χ2n) is 4.40. The summed E-state index contributed by atoms with van der Waals surface area (Å²) < 4.78 is 10.7. The van der Waals surface area contributed by atoms with Crippen LogP contribution in [-0.4, -0.2) is 12.9 Å². The van der Waals surface area contributed by atoms with Crippen LogP contribution in [0.25, 0.3) is 11.0 Å². The Morgan fingerprint density at radius 3 is 2.70 bits per heavy atom. The maximum absolute atomic E-state index is 12.5. The van der Waals surface area contributed by atoms with Gasteiger partial charge < -0.3 is 14.9 Å². The number of rotatable bonds is 3. The molecular formula is C16H13NO3. The van der Waals surface area contributed by atoms with Crippen LogP contribution in [0.4, 0.5) is 5.69 Å². The first-order valence-corrected chi connectivity index (χ1v) is 6.16. The van der Waals surface area contributed by atoms with E-state index in [2.05, 4.69) is 0 Å². The molecule has 2 aromatic carbocycles. The van der Waals surface area contributed by atoms with E-state index in [9.17, 15) is 4.79 Å². The van der Waals surface area contributed by atoms with E-state index in [1.165, 1.54) is 7.11 Å². The minimum atomic E-state index is -0.252. The van der Waals surface area contributed by atoms with E-state index < -0.39 is 0 Å². The van der Waals surface area contributed by atoms with Crippen LogP contribution in [0, 0.1) is 0 Å². The van der Waals surface area contributed by atoms with Crippen molar-refractivity contribution in [2.24, 2.45) is 0 Å². The largest absolute Gasteiger partial charge is 0.495 e. The van der Waals surface area contributed by atoms with Crippen molar-refractivity contribution < 1.29 is 13.9 Å². The summed E-state index contributed by atoms with van der Waals surface area (Å²) in [6.45, 7) is 0. The van der Waals surface area contributed by atoms with Crippen LogP contribution in [0.5, 0.6) is 5.75 Å². The first kappa shape index (κ1) is 12.3. The molecule has 0 aliphatic heterocycles. The van der Waals surface area contributed by atoms with Gasteiger partial charge in [-0.3, -0.25) is 4.79 Å². The van der Waals surface area contributed by atoms with E-state index in [0.29, 0.717) is 22.6 Å². The molecule has 0 spiro atoms. The van der Waals surface area contributed by atoms with Gasteiger partial charge in [-0.15, -0.1) is 0 Å². The summed E-state index contributed by atoms with van der Waals surface area (Å²) in [6, 6.07) is 14.3. The van der Waals surface area contributed by atoms with Crippen molar-refractivity contribution >= 4 is 22.4 Å².